The van der Waals surface area contributed by atoms with Crippen LogP contribution in [0.3, 0.4) is 0 Å². The van der Waals surface area contributed by atoms with E-state index in [1.807, 2.05) is 78.9 Å². The Morgan fingerprint density at radius 3 is 1.84 bits per heavy atom. The zero-order chi connectivity index (χ0) is 36.2. The molecule has 5 aromatic carbocycles. The van der Waals surface area contributed by atoms with Crippen molar-refractivity contribution in [2.24, 2.45) is 11.5 Å². The number of hydrogen-bond acceptors (Lipinski definition) is 6. The summed E-state index contributed by atoms with van der Waals surface area (Å²) >= 11 is 0. The molecule has 2 amide bonds. The van der Waals surface area contributed by atoms with E-state index in [2.05, 4.69) is 15.4 Å². The standard InChI is InChI=1S/C40H42N6O4S/c41-25-32-11-7-10-31(22-32)24-36(39(47)44-26-29-16-20-35(21-17-29)38(42)43)45-40(48)37(46-51(49,50)27-30-8-3-1-4-9-30)23-28-14-18-34(19-15-28)33-12-5-2-6-13-33/h1-22,36-37,46H,23-27,41H2,(H3,42,43)(H,44,47)(H,45,48)/t36-,37+/m0/s1. The summed E-state index contributed by atoms with van der Waals surface area (Å²) in [7, 11) is -3.98. The van der Waals surface area contributed by atoms with E-state index in [9.17, 15) is 18.0 Å². The van der Waals surface area contributed by atoms with Crippen LogP contribution in [0.15, 0.2) is 133 Å². The summed E-state index contributed by atoms with van der Waals surface area (Å²) in [4.78, 5) is 27.8. The van der Waals surface area contributed by atoms with Crippen LogP contribution in [-0.2, 0) is 51.3 Å². The van der Waals surface area contributed by atoms with Crippen LogP contribution in [0.2, 0.25) is 0 Å². The highest BCUT2D eigenvalue weighted by Gasteiger charge is 2.29. The summed E-state index contributed by atoms with van der Waals surface area (Å²) in [5.41, 5.74) is 17.7. The summed E-state index contributed by atoms with van der Waals surface area (Å²) in [5, 5.41) is 13.4. The fourth-order valence-electron chi connectivity index (χ4n) is 5.65. The monoisotopic (exact) mass is 702 g/mol. The topological polar surface area (TPSA) is 180 Å². The fraction of sp³-hybridized carbons (Fsp3) is 0.175. The molecule has 0 aliphatic rings. The quantitative estimate of drug-likeness (QED) is 0.0663. The molecule has 2 atom stereocenters. The number of nitrogen functional groups attached to an aromatic ring is 1. The SMILES string of the molecule is N=C(N)c1ccc(CNC(=O)[C@H](Cc2cccc(CN)c2)NC(=O)[C@@H](Cc2ccc(-c3ccccc3)cc2)NS(=O)(=O)Cc2ccccc2)cc1. The van der Waals surface area contributed by atoms with Crippen LogP contribution in [0.25, 0.3) is 11.1 Å². The van der Waals surface area contributed by atoms with Gasteiger partial charge in [-0.25, -0.2) is 13.1 Å². The molecule has 0 bridgehead atoms. The number of hydrogen-bond donors (Lipinski definition) is 6. The van der Waals surface area contributed by atoms with Crippen LogP contribution in [0, 0.1) is 5.41 Å². The Labute approximate surface area is 298 Å². The molecule has 5 rings (SSSR count). The van der Waals surface area contributed by atoms with Gasteiger partial charge < -0.3 is 22.1 Å². The van der Waals surface area contributed by atoms with Crippen molar-refractivity contribution in [1.82, 2.24) is 15.4 Å². The molecule has 0 saturated heterocycles. The zero-order valence-corrected chi connectivity index (χ0v) is 28.9. The van der Waals surface area contributed by atoms with Gasteiger partial charge in [-0.15, -0.1) is 0 Å². The molecule has 262 valence electrons. The lowest BCUT2D eigenvalue weighted by Crippen LogP contribution is -2.55. The van der Waals surface area contributed by atoms with Gasteiger partial charge in [-0.3, -0.25) is 15.0 Å². The maximum absolute atomic E-state index is 14.1. The summed E-state index contributed by atoms with van der Waals surface area (Å²) in [6, 6.07) is 38.3. The number of benzene rings is 5. The third-order valence-electron chi connectivity index (χ3n) is 8.37. The van der Waals surface area contributed by atoms with Crippen molar-refractivity contribution in [1.29, 1.82) is 5.41 Å². The minimum absolute atomic E-state index is 0.0500. The molecule has 51 heavy (non-hydrogen) atoms. The molecule has 0 radical (unpaired) electrons. The highest BCUT2D eigenvalue weighted by molar-refractivity contribution is 7.88. The molecule has 0 aliphatic heterocycles. The number of sulfonamides is 1. The molecular weight excluding hydrogens is 661 g/mol. The van der Waals surface area contributed by atoms with E-state index in [4.69, 9.17) is 16.9 Å². The lowest BCUT2D eigenvalue weighted by molar-refractivity contribution is -0.129. The van der Waals surface area contributed by atoms with Gasteiger partial charge in [0.1, 0.15) is 17.9 Å². The second kappa shape index (κ2) is 17.3. The van der Waals surface area contributed by atoms with Crippen molar-refractivity contribution in [3.05, 3.63) is 167 Å². The van der Waals surface area contributed by atoms with Crippen molar-refractivity contribution < 1.29 is 18.0 Å². The first-order chi connectivity index (χ1) is 24.6. The lowest BCUT2D eigenvalue weighted by Gasteiger charge is -2.24. The minimum atomic E-state index is -3.98. The number of rotatable bonds is 16. The summed E-state index contributed by atoms with van der Waals surface area (Å²) in [6.45, 7) is 0.467. The summed E-state index contributed by atoms with van der Waals surface area (Å²) in [5.74, 6) is -1.47. The molecule has 0 aromatic heterocycles. The molecule has 8 N–H and O–H groups in total. The molecule has 0 spiro atoms. The molecule has 5 aromatic rings. The van der Waals surface area contributed by atoms with E-state index in [0.29, 0.717) is 17.7 Å². The smallest absolute Gasteiger partial charge is 0.243 e. The van der Waals surface area contributed by atoms with Gasteiger partial charge in [0.25, 0.3) is 0 Å². The van der Waals surface area contributed by atoms with E-state index < -0.39 is 33.9 Å². The van der Waals surface area contributed by atoms with Gasteiger partial charge in [0.2, 0.25) is 21.8 Å². The van der Waals surface area contributed by atoms with E-state index >= 15 is 0 Å². The summed E-state index contributed by atoms with van der Waals surface area (Å²) in [6.07, 6.45) is 0.193. The van der Waals surface area contributed by atoms with Crippen LogP contribution in [0.5, 0.6) is 0 Å². The third-order valence-corrected chi connectivity index (χ3v) is 9.73. The highest BCUT2D eigenvalue weighted by Crippen LogP contribution is 2.20. The predicted molar refractivity (Wildman–Crippen MR) is 201 cm³/mol. The van der Waals surface area contributed by atoms with Crippen LogP contribution in [0.1, 0.15) is 33.4 Å². The van der Waals surface area contributed by atoms with Crippen molar-refractivity contribution in [3.63, 3.8) is 0 Å². The van der Waals surface area contributed by atoms with Crippen molar-refractivity contribution in [3.8, 4) is 11.1 Å². The first-order valence-electron chi connectivity index (χ1n) is 16.6. The number of amides is 2. The van der Waals surface area contributed by atoms with Crippen molar-refractivity contribution in [2.45, 2.75) is 43.8 Å². The second-order valence-corrected chi connectivity index (χ2v) is 14.1. The maximum atomic E-state index is 14.1. The Hall–Kier alpha value is -5.62. The zero-order valence-electron chi connectivity index (χ0n) is 28.1. The van der Waals surface area contributed by atoms with Crippen molar-refractivity contribution in [2.75, 3.05) is 0 Å². The van der Waals surface area contributed by atoms with Gasteiger partial charge in [0.05, 0.1) is 5.75 Å². The number of nitrogens with one attached hydrogen (secondary N) is 4. The number of carbonyl (C=O) groups is 2. The lowest BCUT2D eigenvalue weighted by atomic mass is 9.99. The first-order valence-corrected chi connectivity index (χ1v) is 18.2. The van der Waals surface area contributed by atoms with Crippen LogP contribution in [0.4, 0.5) is 0 Å². The van der Waals surface area contributed by atoms with Gasteiger partial charge in [-0.1, -0.05) is 133 Å². The number of nitrogens with two attached hydrogens (primary N) is 2. The van der Waals surface area contributed by atoms with Gasteiger partial charge in [-0.05, 0) is 45.4 Å². The highest BCUT2D eigenvalue weighted by atomic mass is 32.2. The minimum Gasteiger partial charge on any atom is -0.384 e. The van der Waals surface area contributed by atoms with Gasteiger partial charge >= 0.3 is 0 Å². The maximum Gasteiger partial charge on any atom is 0.243 e. The Kier molecular flexibility index (Phi) is 12.5. The Morgan fingerprint density at radius 1 is 0.627 bits per heavy atom. The molecular formula is C40H42N6O4S. The first kappa shape index (κ1) is 36.7. The molecule has 11 heteroatoms. The Bertz CT molecular complexity index is 2040. The average molecular weight is 703 g/mol. The van der Waals surface area contributed by atoms with Crippen LogP contribution < -0.4 is 26.8 Å². The molecule has 0 saturated carbocycles. The van der Waals surface area contributed by atoms with E-state index in [1.165, 1.54) is 0 Å². The number of amidine groups is 1. The Balaban J connectivity index is 1.39. The molecule has 0 fully saturated rings. The van der Waals surface area contributed by atoms with Gasteiger partial charge in [0, 0.05) is 25.1 Å². The molecule has 0 aliphatic carbocycles. The normalized spacial score (nSPS) is 12.4. The van der Waals surface area contributed by atoms with Gasteiger partial charge in [-0.2, -0.15) is 0 Å². The van der Waals surface area contributed by atoms with Gasteiger partial charge in [0.15, 0.2) is 0 Å². The average Bonchev–Trinajstić information content (AvgIpc) is 3.14. The van der Waals surface area contributed by atoms with Crippen LogP contribution in [-0.4, -0.2) is 38.2 Å². The van der Waals surface area contributed by atoms with Crippen LogP contribution >= 0.6 is 0 Å². The fourth-order valence-corrected chi connectivity index (χ4v) is 6.99. The number of carbonyl (C=O) groups excluding carboxylic acids is 2. The molecule has 10 nitrogen and oxygen atoms in total. The van der Waals surface area contributed by atoms with E-state index in [-0.39, 0.29) is 31.0 Å². The molecule has 0 unspecified atom stereocenters. The molecule has 0 heterocycles. The third kappa shape index (κ3) is 10.9. The van der Waals surface area contributed by atoms with Crippen molar-refractivity contribution >= 4 is 27.7 Å². The largest absolute Gasteiger partial charge is 0.384 e. The van der Waals surface area contributed by atoms with E-state index in [0.717, 1.165) is 33.4 Å². The second-order valence-electron chi connectivity index (χ2n) is 12.3. The Morgan fingerprint density at radius 2 is 1.20 bits per heavy atom. The van der Waals surface area contributed by atoms with E-state index in [1.54, 1.807) is 54.6 Å². The predicted octanol–water partition coefficient (Wildman–Crippen LogP) is 4.17. The summed E-state index contributed by atoms with van der Waals surface area (Å²) < 4.78 is 29.5.